The van der Waals surface area contributed by atoms with E-state index >= 15 is 0 Å². The van der Waals surface area contributed by atoms with Crippen molar-refractivity contribution in [3.05, 3.63) is 62.8 Å². The van der Waals surface area contributed by atoms with Crippen LogP contribution in [0.5, 0.6) is 5.75 Å². The van der Waals surface area contributed by atoms with Gasteiger partial charge in [-0.05, 0) is 40.5 Å². The zero-order chi connectivity index (χ0) is 15.0. The number of rotatable bonds is 2. The number of carbonyl (C=O) groups is 1. The molecule has 1 aliphatic heterocycles. The molecule has 0 bridgehead atoms. The topological polar surface area (TPSA) is 26.3 Å². The Kier molecular flexibility index (Phi) is 4.00. The van der Waals surface area contributed by atoms with Crippen molar-refractivity contribution in [2.45, 2.75) is 12.3 Å². The molecule has 5 heteroatoms. The Hall–Kier alpha value is -1.39. The van der Waals surface area contributed by atoms with Crippen LogP contribution in [0.1, 0.15) is 28.3 Å². The van der Waals surface area contributed by atoms with Gasteiger partial charge in [0.2, 0.25) is 0 Å². The summed E-state index contributed by atoms with van der Waals surface area (Å²) in [4.78, 5) is 12.7. The van der Waals surface area contributed by atoms with Gasteiger partial charge in [0.05, 0.1) is 23.1 Å². The summed E-state index contributed by atoms with van der Waals surface area (Å²) in [6.45, 7) is 0.444. The van der Waals surface area contributed by atoms with E-state index in [1.807, 2.05) is 24.3 Å². The van der Waals surface area contributed by atoms with Gasteiger partial charge in [-0.1, -0.05) is 29.8 Å². The second-order valence-corrected chi connectivity index (χ2v) is 6.05. The van der Waals surface area contributed by atoms with Crippen molar-refractivity contribution in [2.75, 3.05) is 6.61 Å². The zero-order valence-corrected chi connectivity index (χ0v) is 13.2. The number of benzene rings is 2. The number of hydrogen-bond donors (Lipinski definition) is 0. The Morgan fingerprint density at radius 3 is 2.86 bits per heavy atom. The lowest BCUT2D eigenvalue weighted by atomic mass is 9.86. The molecule has 1 aliphatic rings. The first kappa shape index (κ1) is 14.5. The van der Waals surface area contributed by atoms with Gasteiger partial charge in [0.1, 0.15) is 5.75 Å². The van der Waals surface area contributed by atoms with E-state index in [0.29, 0.717) is 23.2 Å². The average molecular weight is 370 g/mol. The Balaban J connectivity index is 2.03. The summed E-state index contributed by atoms with van der Waals surface area (Å²) >= 11 is 9.02. The Bertz CT molecular complexity index is 717. The van der Waals surface area contributed by atoms with Crippen LogP contribution < -0.4 is 4.74 Å². The third-order valence-corrected chi connectivity index (χ3v) is 4.83. The number of fused-ring (bicyclic) bond motifs is 1. The van der Waals surface area contributed by atoms with Crippen LogP contribution in [-0.2, 0) is 0 Å². The maximum atomic E-state index is 14.2. The molecule has 2 aromatic rings. The van der Waals surface area contributed by atoms with E-state index in [-0.39, 0.29) is 16.4 Å². The quantitative estimate of drug-likeness (QED) is 0.550. The van der Waals surface area contributed by atoms with Gasteiger partial charge >= 0.3 is 0 Å². The molecule has 0 spiro atoms. The van der Waals surface area contributed by atoms with Gasteiger partial charge in [-0.25, -0.2) is 4.39 Å². The fourth-order valence-corrected chi connectivity index (χ4v) is 2.99. The van der Waals surface area contributed by atoms with E-state index in [1.165, 1.54) is 6.07 Å². The fourth-order valence-electron chi connectivity index (χ4n) is 2.52. The van der Waals surface area contributed by atoms with Crippen LogP contribution in [0.4, 0.5) is 4.39 Å². The number of para-hydroxylation sites is 1. The number of ketones is 1. The molecule has 0 fully saturated rings. The molecule has 2 aromatic carbocycles. The Labute approximate surface area is 135 Å². The van der Waals surface area contributed by atoms with E-state index in [9.17, 15) is 9.18 Å². The van der Waals surface area contributed by atoms with Gasteiger partial charge in [-0.3, -0.25) is 4.79 Å². The third-order valence-electron chi connectivity index (χ3n) is 3.58. The summed E-state index contributed by atoms with van der Waals surface area (Å²) in [6.07, 6.45) is 0.531. The van der Waals surface area contributed by atoms with E-state index in [4.69, 9.17) is 16.3 Å². The van der Waals surface area contributed by atoms with E-state index < -0.39 is 11.7 Å². The predicted octanol–water partition coefficient (Wildman–Crippen LogP) is 4.99. The average Bonchev–Trinajstić information content (AvgIpc) is 2.51. The van der Waals surface area contributed by atoms with E-state index in [0.717, 1.165) is 5.56 Å². The molecule has 1 unspecified atom stereocenters. The SMILES string of the molecule is O=C(c1ccc(Br)c(Cl)c1F)C1CCOc2ccccc21. The number of ether oxygens (including phenoxy) is 1. The van der Waals surface area contributed by atoms with Crippen LogP contribution in [0.2, 0.25) is 5.02 Å². The molecule has 1 heterocycles. The van der Waals surface area contributed by atoms with Gasteiger partial charge in [-0.2, -0.15) is 0 Å². The molecule has 0 aliphatic carbocycles. The molecule has 0 aromatic heterocycles. The van der Waals surface area contributed by atoms with Crippen LogP contribution in [0.3, 0.4) is 0 Å². The molecule has 1 atom stereocenters. The van der Waals surface area contributed by atoms with Gasteiger partial charge in [-0.15, -0.1) is 0 Å². The second-order valence-electron chi connectivity index (χ2n) is 4.81. The molecule has 108 valence electrons. The minimum Gasteiger partial charge on any atom is -0.493 e. The largest absolute Gasteiger partial charge is 0.493 e. The lowest BCUT2D eigenvalue weighted by Crippen LogP contribution is -2.22. The van der Waals surface area contributed by atoms with E-state index in [1.54, 1.807) is 6.07 Å². The standard InChI is InChI=1S/C16H11BrClFO2/c17-12-6-5-11(15(19)14(12)18)16(20)10-7-8-21-13-4-2-1-3-9(10)13/h1-6,10H,7-8H2. The van der Waals surface area contributed by atoms with Crippen molar-refractivity contribution in [2.24, 2.45) is 0 Å². The van der Waals surface area contributed by atoms with Crippen LogP contribution in [0.15, 0.2) is 40.9 Å². The van der Waals surface area contributed by atoms with Gasteiger partial charge < -0.3 is 4.74 Å². The van der Waals surface area contributed by atoms with Gasteiger partial charge in [0, 0.05) is 10.0 Å². The first-order valence-electron chi connectivity index (χ1n) is 6.49. The maximum Gasteiger partial charge on any atom is 0.173 e. The van der Waals surface area contributed by atoms with Crippen molar-refractivity contribution in [1.29, 1.82) is 0 Å². The lowest BCUT2D eigenvalue weighted by molar-refractivity contribution is 0.0929. The van der Waals surface area contributed by atoms with Gasteiger partial charge in [0.15, 0.2) is 11.6 Å². The normalized spacial score (nSPS) is 17.0. The highest BCUT2D eigenvalue weighted by Gasteiger charge is 2.30. The zero-order valence-electron chi connectivity index (χ0n) is 10.9. The molecule has 0 N–H and O–H groups in total. The van der Waals surface area contributed by atoms with Crippen LogP contribution in [0, 0.1) is 5.82 Å². The second kappa shape index (κ2) is 5.78. The van der Waals surface area contributed by atoms with Crippen LogP contribution >= 0.6 is 27.5 Å². The first-order chi connectivity index (χ1) is 10.1. The van der Waals surface area contributed by atoms with Crippen molar-refractivity contribution in [3.63, 3.8) is 0 Å². The third kappa shape index (κ3) is 2.58. The summed E-state index contributed by atoms with van der Waals surface area (Å²) in [7, 11) is 0. The highest BCUT2D eigenvalue weighted by molar-refractivity contribution is 9.10. The molecular formula is C16H11BrClFO2. The molecular weight excluding hydrogens is 359 g/mol. The maximum absolute atomic E-state index is 14.2. The number of halogens is 3. The number of hydrogen-bond acceptors (Lipinski definition) is 2. The summed E-state index contributed by atoms with van der Waals surface area (Å²) in [6, 6.07) is 10.4. The monoisotopic (exact) mass is 368 g/mol. The van der Waals surface area contributed by atoms with E-state index in [2.05, 4.69) is 15.9 Å². The molecule has 2 nitrogen and oxygen atoms in total. The molecule has 3 rings (SSSR count). The minimum absolute atomic E-state index is 0.0184. The Morgan fingerprint density at radius 1 is 1.29 bits per heavy atom. The number of Topliss-reactive ketones (excluding diaryl/α,β-unsaturated/α-hetero) is 1. The molecule has 0 radical (unpaired) electrons. The molecule has 21 heavy (non-hydrogen) atoms. The van der Waals surface area contributed by atoms with Crippen LogP contribution in [-0.4, -0.2) is 12.4 Å². The first-order valence-corrected chi connectivity index (χ1v) is 7.66. The number of carbonyl (C=O) groups excluding carboxylic acids is 1. The van der Waals surface area contributed by atoms with Crippen molar-refractivity contribution >= 4 is 33.3 Å². The molecule has 0 amide bonds. The lowest BCUT2D eigenvalue weighted by Gasteiger charge is -2.25. The Morgan fingerprint density at radius 2 is 2.05 bits per heavy atom. The highest BCUT2D eigenvalue weighted by Crippen LogP contribution is 2.37. The fraction of sp³-hybridized carbons (Fsp3) is 0.188. The minimum atomic E-state index is -0.681. The summed E-state index contributed by atoms with van der Waals surface area (Å²) in [5.41, 5.74) is 0.817. The van der Waals surface area contributed by atoms with Crippen LogP contribution in [0.25, 0.3) is 0 Å². The summed E-state index contributed by atoms with van der Waals surface area (Å²) in [5.74, 6) is -0.662. The van der Waals surface area contributed by atoms with Crippen molar-refractivity contribution in [1.82, 2.24) is 0 Å². The molecule has 0 saturated carbocycles. The van der Waals surface area contributed by atoms with Crippen molar-refractivity contribution < 1.29 is 13.9 Å². The predicted molar refractivity (Wildman–Crippen MR) is 82.7 cm³/mol. The van der Waals surface area contributed by atoms with Gasteiger partial charge in [0.25, 0.3) is 0 Å². The summed E-state index contributed by atoms with van der Waals surface area (Å²) < 4.78 is 20.2. The summed E-state index contributed by atoms with van der Waals surface area (Å²) in [5, 5.41) is -0.0683. The highest BCUT2D eigenvalue weighted by atomic mass is 79.9. The smallest absolute Gasteiger partial charge is 0.173 e. The molecule has 0 saturated heterocycles. The van der Waals surface area contributed by atoms with Crippen molar-refractivity contribution in [3.8, 4) is 5.75 Å².